The molecule has 0 aromatic heterocycles. The monoisotopic (exact) mass is 276 g/mol. The van der Waals surface area contributed by atoms with Crippen LogP contribution < -0.4 is 0 Å². The van der Waals surface area contributed by atoms with Crippen LogP contribution in [0.3, 0.4) is 0 Å². The van der Waals surface area contributed by atoms with E-state index in [0.29, 0.717) is 0 Å². The highest BCUT2D eigenvalue weighted by molar-refractivity contribution is 5.81. The van der Waals surface area contributed by atoms with Gasteiger partial charge in [-0.2, -0.15) is 13.2 Å². The lowest BCUT2D eigenvalue weighted by atomic mass is 9.90. The molecule has 0 aliphatic heterocycles. The van der Waals surface area contributed by atoms with E-state index in [1.165, 1.54) is 13.0 Å². The molecule has 0 bridgehead atoms. The number of esters is 1. The van der Waals surface area contributed by atoms with Crippen LogP contribution in [0, 0.1) is 0 Å². The normalized spacial score (nSPS) is 14.8. The Morgan fingerprint density at radius 1 is 1.26 bits per heavy atom. The zero-order valence-electron chi connectivity index (χ0n) is 10.6. The standard InChI is InChI=1S/C13H15F3O3/c1-3-12(18,11(17)19-4-2)9-6-5-7-10(8-9)13(14,15)16/h5-8,18H,3-4H2,1-2H3. The van der Waals surface area contributed by atoms with Crippen LogP contribution in [-0.4, -0.2) is 17.7 Å². The summed E-state index contributed by atoms with van der Waals surface area (Å²) in [5.41, 5.74) is -3.10. The number of halogens is 3. The van der Waals surface area contributed by atoms with Crippen LogP contribution in [-0.2, 0) is 21.3 Å². The summed E-state index contributed by atoms with van der Waals surface area (Å²) >= 11 is 0. The van der Waals surface area contributed by atoms with Crippen molar-refractivity contribution >= 4 is 5.97 Å². The fourth-order valence-electron chi connectivity index (χ4n) is 1.67. The molecule has 0 radical (unpaired) electrons. The lowest BCUT2D eigenvalue weighted by molar-refractivity contribution is -0.167. The average Bonchev–Trinajstić information content (AvgIpc) is 2.37. The fraction of sp³-hybridized carbons (Fsp3) is 0.462. The zero-order chi connectivity index (χ0) is 14.7. The highest BCUT2D eigenvalue weighted by Crippen LogP contribution is 2.33. The van der Waals surface area contributed by atoms with Gasteiger partial charge in [-0.05, 0) is 31.0 Å². The molecule has 3 nitrogen and oxygen atoms in total. The van der Waals surface area contributed by atoms with E-state index in [0.717, 1.165) is 18.2 Å². The summed E-state index contributed by atoms with van der Waals surface area (Å²) in [5, 5.41) is 10.2. The predicted octanol–water partition coefficient (Wildman–Crippen LogP) is 2.87. The first-order valence-corrected chi connectivity index (χ1v) is 5.83. The Bertz CT molecular complexity index is 457. The molecule has 0 aliphatic rings. The van der Waals surface area contributed by atoms with Gasteiger partial charge < -0.3 is 9.84 Å². The highest BCUT2D eigenvalue weighted by atomic mass is 19.4. The summed E-state index contributed by atoms with van der Waals surface area (Å²) in [5.74, 6) is -0.947. The number of aliphatic hydroxyl groups is 1. The number of ether oxygens (including phenoxy) is 1. The lowest BCUT2D eigenvalue weighted by Gasteiger charge is -2.25. The smallest absolute Gasteiger partial charge is 0.416 e. The number of rotatable bonds is 4. The SMILES string of the molecule is CCOC(=O)C(O)(CC)c1cccc(C(F)(F)F)c1. The largest absolute Gasteiger partial charge is 0.464 e. The second-order valence-corrected chi connectivity index (χ2v) is 4.01. The maximum atomic E-state index is 12.6. The van der Waals surface area contributed by atoms with E-state index in [1.54, 1.807) is 6.92 Å². The third-order valence-electron chi connectivity index (χ3n) is 2.79. The minimum atomic E-state index is -4.53. The number of hydrogen-bond donors (Lipinski definition) is 1. The van der Waals surface area contributed by atoms with Crippen LogP contribution in [0.4, 0.5) is 13.2 Å². The van der Waals surface area contributed by atoms with E-state index in [-0.39, 0.29) is 18.6 Å². The van der Waals surface area contributed by atoms with Gasteiger partial charge in [0.15, 0.2) is 5.60 Å². The molecule has 0 aliphatic carbocycles. The lowest BCUT2D eigenvalue weighted by Crippen LogP contribution is -2.37. The first-order valence-electron chi connectivity index (χ1n) is 5.83. The summed E-state index contributed by atoms with van der Waals surface area (Å²) in [7, 11) is 0. The van der Waals surface area contributed by atoms with Gasteiger partial charge in [0.05, 0.1) is 12.2 Å². The topological polar surface area (TPSA) is 46.5 Å². The summed E-state index contributed by atoms with van der Waals surface area (Å²) in [6.45, 7) is 3.09. The second-order valence-electron chi connectivity index (χ2n) is 4.01. The van der Waals surface area contributed by atoms with Gasteiger partial charge in [-0.3, -0.25) is 0 Å². The van der Waals surface area contributed by atoms with Crippen molar-refractivity contribution in [2.24, 2.45) is 0 Å². The van der Waals surface area contributed by atoms with Gasteiger partial charge in [-0.15, -0.1) is 0 Å². The van der Waals surface area contributed by atoms with Gasteiger partial charge in [0.25, 0.3) is 0 Å². The van der Waals surface area contributed by atoms with E-state index in [1.807, 2.05) is 0 Å². The average molecular weight is 276 g/mol. The summed E-state index contributed by atoms with van der Waals surface area (Å²) in [4.78, 5) is 11.7. The molecular weight excluding hydrogens is 261 g/mol. The van der Waals surface area contributed by atoms with Crippen molar-refractivity contribution < 1.29 is 27.8 Å². The second kappa shape index (κ2) is 5.61. The van der Waals surface area contributed by atoms with Gasteiger partial charge >= 0.3 is 12.1 Å². The van der Waals surface area contributed by atoms with E-state index in [2.05, 4.69) is 0 Å². The molecule has 6 heteroatoms. The third kappa shape index (κ3) is 3.26. The third-order valence-corrected chi connectivity index (χ3v) is 2.79. The van der Waals surface area contributed by atoms with Crippen LogP contribution in [0.15, 0.2) is 24.3 Å². The van der Waals surface area contributed by atoms with Gasteiger partial charge in [0, 0.05) is 0 Å². The molecule has 106 valence electrons. The molecule has 0 saturated heterocycles. The van der Waals surface area contributed by atoms with E-state index >= 15 is 0 Å². The predicted molar refractivity (Wildman–Crippen MR) is 62.3 cm³/mol. The highest BCUT2D eigenvalue weighted by Gasteiger charge is 2.39. The summed E-state index contributed by atoms with van der Waals surface area (Å²) in [6.07, 6.45) is -4.60. The summed E-state index contributed by atoms with van der Waals surface area (Å²) < 4.78 is 42.5. The first kappa shape index (κ1) is 15.5. The molecule has 1 unspecified atom stereocenters. The maximum Gasteiger partial charge on any atom is 0.416 e. The number of benzene rings is 1. The molecule has 0 amide bonds. The van der Waals surface area contributed by atoms with Crippen LogP contribution >= 0.6 is 0 Å². The number of alkyl halides is 3. The van der Waals surface area contributed by atoms with Crippen LogP contribution in [0.5, 0.6) is 0 Å². The number of hydrogen-bond acceptors (Lipinski definition) is 3. The first-order chi connectivity index (χ1) is 8.75. The molecule has 1 rings (SSSR count). The van der Waals surface area contributed by atoms with Gasteiger partial charge in [-0.25, -0.2) is 4.79 Å². The number of carbonyl (C=O) groups is 1. The Morgan fingerprint density at radius 2 is 1.84 bits per heavy atom. The Balaban J connectivity index is 3.22. The van der Waals surface area contributed by atoms with Crippen molar-refractivity contribution in [3.8, 4) is 0 Å². The zero-order valence-corrected chi connectivity index (χ0v) is 10.6. The summed E-state index contributed by atoms with van der Waals surface area (Å²) in [6, 6.07) is 4.07. The molecule has 0 heterocycles. The molecule has 1 aromatic rings. The maximum absolute atomic E-state index is 12.6. The number of carbonyl (C=O) groups excluding carboxylic acids is 1. The van der Waals surface area contributed by atoms with E-state index in [4.69, 9.17) is 4.74 Å². The van der Waals surface area contributed by atoms with Gasteiger partial charge in [-0.1, -0.05) is 19.1 Å². The minimum Gasteiger partial charge on any atom is -0.464 e. The van der Waals surface area contributed by atoms with Crippen LogP contribution in [0.1, 0.15) is 31.4 Å². The Hall–Kier alpha value is -1.56. The Kier molecular flexibility index (Phi) is 4.57. The van der Waals surface area contributed by atoms with Gasteiger partial charge in [0.1, 0.15) is 0 Å². The molecule has 0 spiro atoms. The Labute approximate surface area is 109 Å². The van der Waals surface area contributed by atoms with Crippen molar-refractivity contribution in [1.82, 2.24) is 0 Å². The van der Waals surface area contributed by atoms with Crippen molar-refractivity contribution in [2.75, 3.05) is 6.61 Å². The minimum absolute atomic E-state index is 0.0418. The molecular formula is C13H15F3O3. The molecule has 1 atom stereocenters. The van der Waals surface area contributed by atoms with Crippen molar-refractivity contribution in [1.29, 1.82) is 0 Å². The molecule has 1 aromatic carbocycles. The van der Waals surface area contributed by atoms with Crippen molar-refractivity contribution in [3.05, 3.63) is 35.4 Å². The molecule has 0 fully saturated rings. The van der Waals surface area contributed by atoms with E-state index in [9.17, 15) is 23.1 Å². The molecule has 1 N–H and O–H groups in total. The molecule has 0 saturated carbocycles. The van der Waals surface area contributed by atoms with Crippen LogP contribution in [0.2, 0.25) is 0 Å². The van der Waals surface area contributed by atoms with E-state index < -0.39 is 23.3 Å². The van der Waals surface area contributed by atoms with Crippen molar-refractivity contribution in [2.45, 2.75) is 32.0 Å². The van der Waals surface area contributed by atoms with Gasteiger partial charge in [0.2, 0.25) is 0 Å². The Morgan fingerprint density at radius 3 is 2.32 bits per heavy atom. The molecule has 19 heavy (non-hydrogen) atoms. The fourth-order valence-corrected chi connectivity index (χ4v) is 1.67. The quantitative estimate of drug-likeness (QED) is 0.860. The van der Waals surface area contributed by atoms with Crippen molar-refractivity contribution in [3.63, 3.8) is 0 Å². The van der Waals surface area contributed by atoms with Crippen LogP contribution in [0.25, 0.3) is 0 Å².